The lowest BCUT2D eigenvalue weighted by atomic mass is 9.72. The van der Waals surface area contributed by atoms with Crippen LogP contribution < -0.4 is 14.4 Å². The lowest BCUT2D eigenvalue weighted by Gasteiger charge is -2.39. The van der Waals surface area contributed by atoms with Crippen molar-refractivity contribution in [2.75, 3.05) is 57.4 Å². The number of anilines is 1. The van der Waals surface area contributed by atoms with Crippen LogP contribution in [0.3, 0.4) is 0 Å². The third-order valence-electron chi connectivity index (χ3n) is 12.5. The number of pyridine rings is 1. The third kappa shape index (κ3) is 9.07. The summed E-state index contributed by atoms with van der Waals surface area (Å²) in [4.78, 5) is 37.4. The topological polar surface area (TPSA) is 178 Å². The maximum atomic E-state index is 15.2. The number of allylic oxidation sites excluding steroid dienone is 1. The highest BCUT2D eigenvalue weighted by Gasteiger charge is 2.35. The van der Waals surface area contributed by atoms with Crippen LogP contribution in [0.1, 0.15) is 61.9 Å². The highest BCUT2D eigenvalue weighted by Crippen LogP contribution is 2.43. The summed E-state index contributed by atoms with van der Waals surface area (Å²) >= 11 is 6.25. The molecular formula is C46H48ClFN8O7S. The maximum Gasteiger partial charge on any atom is 0.312 e. The van der Waals surface area contributed by atoms with E-state index in [9.17, 15) is 23.3 Å². The number of nitrogens with one attached hydrogen (secondary N) is 2. The quantitative estimate of drug-likeness (QED) is 0.0893. The second-order valence-corrected chi connectivity index (χ2v) is 19.8. The number of benzene rings is 3. The zero-order chi connectivity index (χ0) is 44.8. The summed E-state index contributed by atoms with van der Waals surface area (Å²) in [6.45, 7) is 8.21. The highest BCUT2D eigenvalue weighted by molar-refractivity contribution is 7.90. The Bertz CT molecular complexity index is 2900. The molecule has 2 saturated heterocycles. The van der Waals surface area contributed by atoms with Crippen LogP contribution in [0.15, 0.2) is 95.7 Å². The van der Waals surface area contributed by atoms with Crippen molar-refractivity contribution >= 4 is 66.5 Å². The second kappa shape index (κ2) is 17.3. The molecule has 64 heavy (non-hydrogen) atoms. The molecule has 3 aromatic heterocycles. The van der Waals surface area contributed by atoms with E-state index in [4.69, 9.17) is 21.1 Å². The molecule has 5 heterocycles. The summed E-state index contributed by atoms with van der Waals surface area (Å²) in [7, 11) is -4.68. The molecule has 1 atom stereocenters. The lowest BCUT2D eigenvalue weighted by Crippen LogP contribution is -2.47. The average Bonchev–Trinajstić information content (AvgIpc) is 3.92. The molecule has 2 N–H and O–H groups in total. The van der Waals surface area contributed by atoms with Gasteiger partial charge in [0, 0.05) is 67.7 Å². The number of rotatable bonds is 12. The van der Waals surface area contributed by atoms with E-state index in [2.05, 4.69) is 55.6 Å². The van der Waals surface area contributed by atoms with E-state index in [1.807, 2.05) is 30.3 Å². The molecular weight excluding hydrogens is 863 g/mol. The smallest absolute Gasteiger partial charge is 0.312 e. The number of H-pyrrole nitrogens is 1. The molecule has 18 heteroatoms. The number of hydrogen-bond donors (Lipinski definition) is 2. The summed E-state index contributed by atoms with van der Waals surface area (Å²) in [6.07, 6.45) is 7.13. The van der Waals surface area contributed by atoms with Gasteiger partial charge in [0.1, 0.15) is 17.8 Å². The van der Waals surface area contributed by atoms with Gasteiger partial charge in [-0.2, -0.15) is 5.10 Å². The van der Waals surface area contributed by atoms with E-state index in [0.717, 1.165) is 73.2 Å². The van der Waals surface area contributed by atoms with Gasteiger partial charge in [0.2, 0.25) is 0 Å². The van der Waals surface area contributed by atoms with Crippen LogP contribution in [-0.4, -0.2) is 102 Å². The zero-order valence-corrected chi connectivity index (χ0v) is 37.1. The first-order chi connectivity index (χ1) is 30.6. The number of piperazine rings is 1. The summed E-state index contributed by atoms with van der Waals surface area (Å²) in [5.41, 5.74) is 4.65. The van der Waals surface area contributed by atoms with Crippen molar-refractivity contribution in [1.82, 2.24) is 29.4 Å². The number of amides is 1. The summed E-state index contributed by atoms with van der Waals surface area (Å²) in [5.74, 6) is -1.30. The molecule has 0 radical (unpaired) electrons. The number of hydrogen-bond acceptors (Lipinski definition) is 11. The number of carbonyl (C=O) groups excluding carboxylic acids is 1. The Kier molecular flexibility index (Phi) is 11.7. The first-order valence-corrected chi connectivity index (χ1v) is 23.2. The molecule has 15 nitrogen and oxygen atoms in total. The molecule has 3 aliphatic rings. The summed E-state index contributed by atoms with van der Waals surface area (Å²) in [5, 5.41) is 18.2. The van der Waals surface area contributed by atoms with Gasteiger partial charge in [-0.25, -0.2) is 27.2 Å². The standard InChI is InChI=1S/C46H48ClFN8O7S/c1-45(2)15-12-32(37(25-45)30-4-6-33(47)7-5-30)27-53-17-19-54(20-18-53)34-8-10-36(39(23-34)55-40-22-31-13-16-49-43(31)51-38(40)26-50-55)44(57)52-64(60,61)35-9-11-42(41(24-35)56(58)59)63-29-46(48)14-3-21-62-28-46/h4-11,13,16,22-24,26H,3,12,14-15,17-21,25,27-29H2,1-2H3,(H,49,51)(H,52,57). The molecule has 0 bridgehead atoms. The Morgan fingerprint density at radius 1 is 1.05 bits per heavy atom. The third-order valence-corrected chi connectivity index (χ3v) is 14.1. The van der Waals surface area contributed by atoms with Gasteiger partial charge in [0.15, 0.2) is 11.4 Å². The minimum atomic E-state index is -4.68. The van der Waals surface area contributed by atoms with Gasteiger partial charge in [0.25, 0.3) is 15.9 Å². The van der Waals surface area contributed by atoms with Crippen LogP contribution >= 0.6 is 11.6 Å². The largest absolute Gasteiger partial charge is 0.483 e. The number of ether oxygens (including phenoxy) is 2. The first-order valence-electron chi connectivity index (χ1n) is 21.3. The number of carbonyl (C=O) groups is 1. The van der Waals surface area contributed by atoms with Crippen LogP contribution in [0.2, 0.25) is 5.02 Å². The molecule has 1 amide bonds. The zero-order valence-electron chi connectivity index (χ0n) is 35.5. The fraction of sp³-hybridized carbons (Fsp3) is 0.370. The van der Waals surface area contributed by atoms with Crippen molar-refractivity contribution in [1.29, 1.82) is 0 Å². The van der Waals surface area contributed by atoms with E-state index < -0.39 is 43.7 Å². The number of nitrogens with zero attached hydrogens (tertiary/aromatic N) is 6. The minimum Gasteiger partial charge on any atom is -0.483 e. The van der Waals surface area contributed by atoms with Gasteiger partial charge in [-0.1, -0.05) is 43.2 Å². The predicted octanol–water partition coefficient (Wildman–Crippen LogP) is 8.27. The monoisotopic (exact) mass is 910 g/mol. The number of halogens is 2. The summed E-state index contributed by atoms with van der Waals surface area (Å²) in [6, 6.07) is 20.0. The Balaban J connectivity index is 0.977. The van der Waals surface area contributed by atoms with Crippen molar-refractivity contribution in [2.24, 2.45) is 5.41 Å². The Hall–Kier alpha value is -5.88. The van der Waals surface area contributed by atoms with E-state index in [1.165, 1.54) is 16.7 Å². The van der Waals surface area contributed by atoms with Gasteiger partial charge < -0.3 is 19.4 Å². The highest BCUT2D eigenvalue weighted by atomic mass is 35.5. The van der Waals surface area contributed by atoms with Crippen LogP contribution in [0.25, 0.3) is 33.3 Å². The molecule has 6 aromatic rings. The fourth-order valence-electron chi connectivity index (χ4n) is 8.90. The molecule has 2 aliphatic heterocycles. The van der Waals surface area contributed by atoms with Crippen LogP contribution in [0.5, 0.6) is 5.75 Å². The molecule has 334 valence electrons. The van der Waals surface area contributed by atoms with Crippen molar-refractivity contribution in [2.45, 2.75) is 56.5 Å². The van der Waals surface area contributed by atoms with Crippen molar-refractivity contribution in [3.63, 3.8) is 0 Å². The number of aromatic nitrogens is 4. The normalized spacial score (nSPS) is 19.6. The van der Waals surface area contributed by atoms with Crippen LogP contribution in [0, 0.1) is 15.5 Å². The van der Waals surface area contributed by atoms with Gasteiger partial charge in [-0.15, -0.1) is 0 Å². The Labute approximate surface area is 374 Å². The number of fused-ring (bicyclic) bond motifs is 2. The summed E-state index contributed by atoms with van der Waals surface area (Å²) < 4.78 is 57.1. The molecule has 9 rings (SSSR count). The molecule has 2 fully saturated rings. The molecule has 0 saturated carbocycles. The van der Waals surface area contributed by atoms with Gasteiger partial charge >= 0.3 is 5.69 Å². The Morgan fingerprint density at radius 3 is 2.59 bits per heavy atom. The molecule has 0 spiro atoms. The van der Waals surface area contributed by atoms with Gasteiger partial charge in [-0.3, -0.25) is 19.8 Å². The number of aromatic amines is 1. The number of nitro groups is 1. The molecule has 1 aliphatic carbocycles. The van der Waals surface area contributed by atoms with Crippen molar-refractivity contribution in [3.05, 3.63) is 117 Å². The number of alkyl halides is 1. The predicted molar refractivity (Wildman–Crippen MR) is 243 cm³/mol. The first kappa shape index (κ1) is 43.4. The van der Waals surface area contributed by atoms with Crippen molar-refractivity contribution < 1.29 is 32.0 Å². The molecule has 3 aromatic carbocycles. The minimum absolute atomic E-state index is 0.00980. The number of sulfonamides is 1. The van der Waals surface area contributed by atoms with E-state index in [-0.39, 0.29) is 29.8 Å². The molecule has 1 unspecified atom stereocenters. The second-order valence-electron chi connectivity index (χ2n) is 17.7. The van der Waals surface area contributed by atoms with Gasteiger partial charge in [-0.05, 0) is 103 Å². The van der Waals surface area contributed by atoms with E-state index in [0.29, 0.717) is 48.5 Å². The fourth-order valence-corrected chi connectivity index (χ4v) is 10.0. The Morgan fingerprint density at radius 2 is 1.84 bits per heavy atom. The lowest BCUT2D eigenvalue weighted by molar-refractivity contribution is -0.386. The van der Waals surface area contributed by atoms with E-state index in [1.54, 1.807) is 29.2 Å². The van der Waals surface area contributed by atoms with Crippen LogP contribution in [0.4, 0.5) is 15.8 Å². The number of nitro benzene ring substituents is 1. The maximum absolute atomic E-state index is 15.2. The van der Waals surface area contributed by atoms with Crippen molar-refractivity contribution in [3.8, 4) is 11.4 Å². The van der Waals surface area contributed by atoms with E-state index >= 15 is 4.39 Å². The average molecular weight is 911 g/mol. The van der Waals surface area contributed by atoms with Gasteiger partial charge in [0.05, 0.1) is 39.4 Å². The van der Waals surface area contributed by atoms with Crippen LogP contribution in [-0.2, 0) is 14.8 Å². The SMILES string of the molecule is CC1(C)CCC(CN2CCN(c3ccc(C(=O)NS(=O)(=O)c4ccc(OCC5(F)CCCOC5)c([N+](=O)[O-])c4)c(-n4ncc5nc6[nH]ccc6cc54)c3)CC2)=C(c2ccc(Cl)cc2)C1.